The van der Waals surface area contributed by atoms with Crippen LogP contribution in [-0.2, 0) is 0 Å². The predicted molar refractivity (Wildman–Crippen MR) is 46.5 cm³/mol. The Morgan fingerprint density at radius 2 is 2.27 bits per heavy atom. The number of hydrogen-bond acceptors (Lipinski definition) is 1. The van der Waals surface area contributed by atoms with E-state index in [1.165, 1.54) is 0 Å². The van der Waals surface area contributed by atoms with Crippen LogP contribution in [0.5, 0.6) is 0 Å². The zero-order valence-electron chi connectivity index (χ0n) is 6.12. The molecule has 2 heteroatoms. The number of rotatable bonds is 0. The van der Waals surface area contributed by atoms with Crippen molar-refractivity contribution in [1.29, 1.82) is 0 Å². The standard InChI is InChI=1S/C9H9N2/c10-8-4-1-5-9-7(8)3-2-6-11-9/h1-5H,6,10H2. The van der Waals surface area contributed by atoms with Gasteiger partial charge in [-0.05, 0) is 12.1 Å². The zero-order chi connectivity index (χ0) is 7.68. The summed E-state index contributed by atoms with van der Waals surface area (Å²) in [6, 6.07) is 5.80. The second-order valence-electron chi connectivity index (χ2n) is 2.52. The van der Waals surface area contributed by atoms with Gasteiger partial charge in [0.25, 0.3) is 0 Å². The van der Waals surface area contributed by atoms with Gasteiger partial charge in [0.2, 0.25) is 0 Å². The number of nitrogens with zero attached hydrogens (tertiary/aromatic N) is 1. The van der Waals surface area contributed by atoms with Crippen molar-refractivity contribution in [1.82, 2.24) is 5.32 Å². The Kier molecular flexibility index (Phi) is 1.32. The highest BCUT2D eigenvalue weighted by Crippen LogP contribution is 2.25. The van der Waals surface area contributed by atoms with Gasteiger partial charge < -0.3 is 5.73 Å². The van der Waals surface area contributed by atoms with Crippen LogP contribution in [0.25, 0.3) is 6.08 Å². The third-order valence-electron chi connectivity index (χ3n) is 1.77. The molecule has 0 saturated carbocycles. The first kappa shape index (κ1) is 6.28. The molecule has 0 atom stereocenters. The van der Waals surface area contributed by atoms with Gasteiger partial charge in [-0.15, -0.1) is 0 Å². The van der Waals surface area contributed by atoms with Crippen LogP contribution in [0.2, 0.25) is 0 Å². The first-order valence-electron chi connectivity index (χ1n) is 3.60. The van der Waals surface area contributed by atoms with Crippen LogP contribution >= 0.6 is 0 Å². The minimum atomic E-state index is 0.774. The first-order valence-corrected chi connectivity index (χ1v) is 3.60. The van der Waals surface area contributed by atoms with Crippen molar-refractivity contribution < 1.29 is 0 Å². The molecule has 1 aromatic carbocycles. The monoisotopic (exact) mass is 145 g/mol. The molecule has 0 saturated heterocycles. The molecular formula is C9H9N2. The molecule has 55 valence electrons. The molecule has 0 aromatic heterocycles. The van der Waals surface area contributed by atoms with E-state index in [-0.39, 0.29) is 0 Å². The van der Waals surface area contributed by atoms with Crippen LogP contribution in [0, 0.1) is 0 Å². The van der Waals surface area contributed by atoms with Gasteiger partial charge in [0.05, 0.1) is 12.2 Å². The van der Waals surface area contributed by atoms with Crippen LogP contribution in [0.1, 0.15) is 5.56 Å². The number of anilines is 1. The molecular weight excluding hydrogens is 136 g/mol. The molecule has 2 N–H and O–H groups in total. The summed E-state index contributed by atoms with van der Waals surface area (Å²) in [7, 11) is 0. The summed E-state index contributed by atoms with van der Waals surface area (Å²) in [6.45, 7) is 0.774. The Balaban J connectivity index is 2.60. The van der Waals surface area contributed by atoms with Crippen LogP contribution in [0.15, 0.2) is 24.3 Å². The lowest BCUT2D eigenvalue weighted by Crippen LogP contribution is -2.04. The van der Waals surface area contributed by atoms with Gasteiger partial charge in [0.1, 0.15) is 0 Å². The Hall–Kier alpha value is -1.44. The summed E-state index contributed by atoms with van der Waals surface area (Å²) in [6.07, 6.45) is 4.04. The Morgan fingerprint density at radius 3 is 3.09 bits per heavy atom. The summed E-state index contributed by atoms with van der Waals surface area (Å²) in [5.41, 5.74) is 8.60. The van der Waals surface area contributed by atoms with E-state index in [2.05, 4.69) is 5.32 Å². The van der Waals surface area contributed by atoms with E-state index < -0.39 is 0 Å². The third kappa shape index (κ3) is 0.963. The molecule has 0 fully saturated rings. The SMILES string of the molecule is Nc1cccc2c1C=CC[N]2. The highest BCUT2D eigenvalue weighted by Gasteiger charge is 2.05. The molecule has 0 bridgehead atoms. The molecule has 0 amide bonds. The average Bonchev–Trinajstić information content (AvgIpc) is 2.06. The molecule has 0 aliphatic carbocycles. The number of benzene rings is 1. The summed E-state index contributed by atoms with van der Waals surface area (Å²) < 4.78 is 0. The van der Waals surface area contributed by atoms with Gasteiger partial charge in [-0.25, -0.2) is 0 Å². The fraction of sp³-hybridized carbons (Fsp3) is 0.111. The highest BCUT2D eigenvalue weighted by molar-refractivity contribution is 5.76. The van der Waals surface area contributed by atoms with E-state index in [1.807, 2.05) is 30.4 Å². The van der Waals surface area contributed by atoms with Gasteiger partial charge in [0.15, 0.2) is 0 Å². The zero-order valence-corrected chi connectivity index (χ0v) is 6.12. The highest BCUT2D eigenvalue weighted by atomic mass is 14.9. The van der Waals surface area contributed by atoms with Gasteiger partial charge in [-0.1, -0.05) is 18.2 Å². The van der Waals surface area contributed by atoms with Gasteiger partial charge >= 0.3 is 0 Å². The first-order chi connectivity index (χ1) is 5.38. The fourth-order valence-electron chi connectivity index (χ4n) is 1.21. The van der Waals surface area contributed by atoms with Crippen LogP contribution in [0.4, 0.5) is 11.4 Å². The number of fused-ring (bicyclic) bond motifs is 1. The van der Waals surface area contributed by atoms with Crippen molar-refractivity contribution in [2.24, 2.45) is 0 Å². The lowest BCUT2D eigenvalue weighted by Gasteiger charge is -2.11. The van der Waals surface area contributed by atoms with Gasteiger partial charge in [-0.2, -0.15) is 0 Å². The van der Waals surface area contributed by atoms with Crippen molar-refractivity contribution in [3.05, 3.63) is 29.8 Å². The van der Waals surface area contributed by atoms with E-state index in [1.54, 1.807) is 0 Å². The smallest absolute Gasteiger partial charge is 0.0671 e. The minimum absolute atomic E-state index is 0.774. The normalized spacial score (nSPS) is 13.8. The maximum absolute atomic E-state index is 5.73. The van der Waals surface area contributed by atoms with Crippen LogP contribution < -0.4 is 11.1 Å². The van der Waals surface area contributed by atoms with Crippen molar-refractivity contribution in [2.45, 2.75) is 0 Å². The molecule has 1 aromatic rings. The molecule has 2 nitrogen and oxygen atoms in total. The van der Waals surface area contributed by atoms with E-state index in [0.717, 1.165) is 23.5 Å². The maximum Gasteiger partial charge on any atom is 0.0671 e. The lowest BCUT2D eigenvalue weighted by atomic mass is 10.1. The van der Waals surface area contributed by atoms with E-state index in [9.17, 15) is 0 Å². The topological polar surface area (TPSA) is 40.1 Å². The molecule has 2 rings (SSSR count). The quantitative estimate of drug-likeness (QED) is 0.552. The number of nitrogen functional groups attached to an aromatic ring is 1. The predicted octanol–water partition coefficient (Wildman–Crippen LogP) is 1.53. The van der Waals surface area contributed by atoms with Gasteiger partial charge in [0, 0.05) is 11.3 Å². The molecule has 1 radical (unpaired) electrons. The summed E-state index contributed by atoms with van der Waals surface area (Å²) >= 11 is 0. The number of nitrogens with two attached hydrogens (primary N) is 1. The Labute approximate surface area is 65.7 Å². The van der Waals surface area contributed by atoms with Crippen molar-refractivity contribution in [3.63, 3.8) is 0 Å². The van der Waals surface area contributed by atoms with E-state index in [0.29, 0.717) is 0 Å². The second-order valence-corrected chi connectivity index (χ2v) is 2.52. The average molecular weight is 145 g/mol. The minimum Gasteiger partial charge on any atom is -0.398 e. The van der Waals surface area contributed by atoms with Crippen LogP contribution in [0.3, 0.4) is 0 Å². The molecule has 1 aliphatic rings. The second kappa shape index (κ2) is 2.31. The van der Waals surface area contributed by atoms with E-state index >= 15 is 0 Å². The van der Waals surface area contributed by atoms with Crippen molar-refractivity contribution >= 4 is 17.5 Å². The summed E-state index contributed by atoms with van der Waals surface area (Å²) in [4.78, 5) is 0. The summed E-state index contributed by atoms with van der Waals surface area (Å²) in [5.74, 6) is 0. The number of hydrogen-bond donors (Lipinski definition) is 1. The van der Waals surface area contributed by atoms with E-state index in [4.69, 9.17) is 5.73 Å². The molecule has 0 unspecified atom stereocenters. The van der Waals surface area contributed by atoms with Crippen molar-refractivity contribution in [2.75, 3.05) is 12.3 Å². The van der Waals surface area contributed by atoms with Crippen molar-refractivity contribution in [3.8, 4) is 0 Å². The Bertz CT molecular complexity index is 302. The molecule has 11 heavy (non-hydrogen) atoms. The summed E-state index contributed by atoms with van der Waals surface area (Å²) in [5, 5.41) is 4.29. The lowest BCUT2D eigenvalue weighted by molar-refractivity contribution is 0.966. The third-order valence-corrected chi connectivity index (χ3v) is 1.77. The van der Waals surface area contributed by atoms with Gasteiger partial charge in [-0.3, -0.25) is 5.32 Å². The fourth-order valence-corrected chi connectivity index (χ4v) is 1.21. The molecule has 1 heterocycles. The molecule has 1 aliphatic heterocycles. The molecule has 0 spiro atoms. The Morgan fingerprint density at radius 1 is 1.36 bits per heavy atom. The largest absolute Gasteiger partial charge is 0.398 e. The maximum atomic E-state index is 5.73. The van der Waals surface area contributed by atoms with Crippen LogP contribution in [-0.4, -0.2) is 6.54 Å².